The van der Waals surface area contributed by atoms with Crippen molar-refractivity contribution in [2.45, 2.75) is 50.5 Å². The zero-order chi connectivity index (χ0) is 18.2. The Labute approximate surface area is 147 Å². The molecule has 8 heteroatoms. The number of anilines is 2. The van der Waals surface area contributed by atoms with Crippen LogP contribution < -0.4 is 15.4 Å². The Bertz CT molecular complexity index is 806. The number of hydrogen-bond acceptors (Lipinski definition) is 4. The molecule has 1 aliphatic heterocycles. The molecule has 2 amide bonds. The van der Waals surface area contributed by atoms with Gasteiger partial charge >= 0.3 is 0 Å². The third-order valence-corrected chi connectivity index (χ3v) is 6.51. The fourth-order valence-electron chi connectivity index (χ4n) is 3.26. The van der Waals surface area contributed by atoms with Crippen LogP contribution in [0.4, 0.5) is 11.4 Å². The lowest BCUT2D eigenvalue weighted by Gasteiger charge is -2.29. The predicted octanol–water partition coefficient (Wildman–Crippen LogP) is 2.07. The highest BCUT2D eigenvalue weighted by atomic mass is 32.2. The SMILES string of the molecule is CC1C(=O)Nc2ccc(S(=O)(=O)NC3CCCCC3C)cc2NC1=O. The lowest BCUT2D eigenvalue weighted by Crippen LogP contribution is -2.40. The van der Waals surface area contributed by atoms with Gasteiger partial charge in [-0.15, -0.1) is 0 Å². The molecule has 1 saturated carbocycles. The minimum atomic E-state index is -3.70. The van der Waals surface area contributed by atoms with Gasteiger partial charge in [0.2, 0.25) is 21.8 Å². The van der Waals surface area contributed by atoms with Crippen LogP contribution in [0.15, 0.2) is 23.1 Å². The molecule has 0 saturated heterocycles. The van der Waals surface area contributed by atoms with Gasteiger partial charge in [0, 0.05) is 6.04 Å². The largest absolute Gasteiger partial charge is 0.324 e. The number of nitrogens with one attached hydrogen (secondary N) is 3. The second-order valence-corrected chi connectivity index (χ2v) is 8.61. The van der Waals surface area contributed by atoms with Gasteiger partial charge in [0.1, 0.15) is 5.92 Å². The second-order valence-electron chi connectivity index (χ2n) is 6.90. The summed E-state index contributed by atoms with van der Waals surface area (Å²) in [4.78, 5) is 23.9. The molecule has 0 radical (unpaired) electrons. The molecular formula is C17H23N3O4S. The molecular weight excluding hydrogens is 342 g/mol. The Kier molecular flexibility index (Phi) is 4.83. The molecule has 1 aromatic carbocycles. The number of rotatable bonds is 3. The van der Waals surface area contributed by atoms with Crippen LogP contribution in [0.1, 0.15) is 39.5 Å². The van der Waals surface area contributed by atoms with E-state index in [1.54, 1.807) is 0 Å². The summed E-state index contributed by atoms with van der Waals surface area (Å²) in [6.45, 7) is 3.56. The van der Waals surface area contributed by atoms with Crippen molar-refractivity contribution >= 4 is 33.2 Å². The summed E-state index contributed by atoms with van der Waals surface area (Å²) in [6.07, 6.45) is 3.98. The van der Waals surface area contributed by atoms with E-state index in [4.69, 9.17) is 0 Å². The van der Waals surface area contributed by atoms with E-state index in [0.717, 1.165) is 25.7 Å². The van der Waals surface area contributed by atoms with Crippen molar-refractivity contribution in [2.24, 2.45) is 11.8 Å². The van der Waals surface area contributed by atoms with E-state index in [0.29, 0.717) is 17.3 Å². The first-order chi connectivity index (χ1) is 11.8. The van der Waals surface area contributed by atoms with E-state index < -0.39 is 27.8 Å². The molecule has 1 aromatic rings. The number of carbonyl (C=O) groups is 2. The van der Waals surface area contributed by atoms with E-state index in [1.807, 2.05) is 0 Å². The molecule has 3 unspecified atom stereocenters. The molecule has 0 spiro atoms. The summed E-state index contributed by atoms with van der Waals surface area (Å²) in [5.74, 6) is -1.42. The van der Waals surface area contributed by atoms with Gasteiger partial charge < -0.3 is 10.6 Å². The number of fused-ring (bicyclic) bond motifs is 1. The highest BCUT2D eigenvalue weighted by Gasteiger charge is 2.30. The minimum absolute atomic E-state index is 0.0770. The number of sulfonamides is 1. The Balaban J connectivity index is 1.87. The van der Waals surface area contributed by atoms with Gasteiger partial charge in [-0.25, -0.2) is 13.1 Å². The topological polar surface area (TPSA) is 104 Å². The van der Waals surface area contributed by atoms with E-state index in [-0.39, 0.29) is 10.9 Å². The Morgan fingerprint density at radius 3 is 2.32 bits per heavy atom. The van der Waals surface area contributed by atoms with Crippen molar-refractivity contribution in [3.8, 4) is 0 Å². The number of benzene rings is 1. The van der Waals surface area contributed by atoms with Crippen molar-refractivity contribution in [1.82, 2.24) is 4.72 Å². The summed E-state index contributed by atoms with van der Waals surface area (Å²) in [5, 5.41) is 5.25. The van der Waals surface area contributed by atoms with Crippen LogP contribution in [0.2, 0.25) is 0 Å². The molecule has 1 fully saturated rings. The molecule has 136 valence electrons. The molecule has 25 heavy (non-hydrogen) atoms. The summed E-state index contributed by atoms with van der Waals surface area (Å²) in [7, 11) is -3.70. The quantitative estimate of drug-likeness (QED) is 0.713. The highest BCUT2D eigenvalue weighted by molar-refractivity contribution is 7.89. The Morgan fingerprint density at radius 1 is 1.00 bits per heavy atom. The molecule has 3 N–H and O–H groups in total. The zero-order valence-corrected chi connectivity index (χ0v) is 15.2. The first-order valence-electron chi connectivity index (χ1n) is 8.56. The van der Waals surface area contributed by atoms with Gasteiger partial charge in [0.05, 0.1) is 16.3 Å². The standard InChI is InChI=1S/C17H23N3O4S/c1-10-5-3-4-6-13(10)20-25(23,24)12-7-8-14-15(9-12)19-17(22)11(2)16(21)18-14/h7-11,13,20H,3-6H2,1-2H3,(H,18,21)(H,19,22). The molecule has 1 aliphatic carbocycles. The van der Waals surface area contributed by atoms with Gasteiger partial charge in [-0.2, -0.15) is 0 Å². The monoisotopic (exact) mass is 365 g/mol. The van der Waals surface area contributed by atoms with Gasteiger partial charge in [-0.05, 0) is 43.9 Å². The van der Waals surface area contributed by atoms with E-state index in [9.17, 15) is 18.0 Å². The first kappa shape index (κ1) is 17.9. The molecule has 7 nitrogen and oxygen atoms in total. The summed E-state index contributed by atoms with van der Waals surface area (Å²) >= 11 is 0. The fraction of sp³-hybridized carbons (Fsp3) is 0.529. The third kappa shape index (κ3) is 3.69. The average molecular weight is 365 g/mol. The zero-order valence-electron chi connectivity index (χ0n) is 14.3. The van der Waals surface area contributed by atoms with Gasteiger partial charge in [-0.3, -0.25) is 9.59 Å². The number of hydrogen-bond donors (Lipinski definition) is 3. The van der Waals surface area contributed by atoms with Crippen LogP contribution in [0.3, 0.4) is 0 Å². The molecule has 3 atom stereocenters. The van der Waals surface area contributed by atoms with Crippen molar-refractivity contribution in [2.75, 3.05) is 10.6 Å². The maximum atomic E-state index is 12.7. The maximum absolute atomic E-state index is 12.7. The average Bonchev–Trinajstić information content (AvgIpc) is 2.67. The molecule has 1 heterocycles. The maximum Gasteiger partial charge on any atom is 0.240 e. The third-order valence-electron chi connectivity index (χ3n) is 5.02. The highest BCUT2D eigenvalue weighted by Crippen LogP contribution is 2.30. The van der Waals surface area contributed by atoms with Crippen LogP contribution in [0.25, 0.3) is 0 Å². The van der Waals surface area contributed by atoms with Crippen LogP contribution in [-0.4, -0.2) is 26.3 Å². The van der Waals surface area contributed by atoms with E-state index >= 15 is 0 Å². The van der Waals surface area contributed by atoms with Gasteiger partial charge in [0.15, 0.2) is 0 Å². The summed E-state index contributed by atoms with van der Waals surface area (Å²) < 4.78 is 28.2. The van der Waals surface area contributed by atoms with Gasteiger partial charge in [-0.1, -0.05) is 19.8 Å². The van der Waals surface area contributed by atoms with E-state index in [2.05, 4.69) is 22.3 Å². The predicted molar refractivity (Wildman–Crippen MR) is 94.6 cm³/mol. The molecule has 0 aromatic heterocycles. The Morgan fingerprint density at radius 2 is 1.64 bits per heavy atom. The number of carbonyl (C=O) groups excluding carboxylic acids is 2. The first-order valence-corrected chi connectivity index (χ1v) is 10.0. The van der Waals surface area contributed by atoms with Crippen molar-refractivity contribution in [3.63, 3.8) is 0 Å². The summed E-state index contributed by atoms with van der Waals surface area (Å²) in [6, 6.07) is 4.26. The lowest BCUT2D eigenvalue weighted by molar-refractivity contribution is -0.128. The van der Waals surface area contributed by atoms with Crippen LogP contribution in [0, 0.1) is 11.8 Å². The molecule has 2 aliphatic rings. The normalized spacial score (nSPS) is 27.0. The van der Waals surface area contributed by atoms with E-state index in [1.165, 1.54) is 25.1 Å². The number of amides is 2. The van der Waals surface area contributed by atoms with Crippen LogP contribution in [0.5, 0.6) is 0 Å². The molecule has 0 bridgehead atoms. The van der Waals surface area contributed by atoms with Gasteiger partial charge in [0.25, 0.3) is 0 Å². The van der Waals surface area contributed by atoms with Crippen molar-refractivity contribution < 1.29 is 18.0 Å². The second kappa shape index (κ2) is 6.76. The van der Waals surface area contributed by atoms with Crippen LogP contribution >= 0.6 is 0 Å². The van der Waals surface area contributed by atoms with Crippen molar-refractivity contribution in [1.29, 1.82) is 0 Å². The molecule has 3 rings (SSSR count). The van der Waals surface area contributed by atoms with Crippen molar-refractivity contribution in [3.05, 3.63) is 18.2 Å². The lowest BCUT2D eigenvalue weighted by atomic mass is 9.87. The minimum Gasteiger partial charge on any atom is -0.324 e. The van der Waals surface area contributed by atoms with Crippen LogP contribution in [-0.2, 0) is 19.6 Å². The summed E-state index contributed by atoms with van der Waals surface area (Å²) in [5.41, 5.74) is 0.690. The Hall–Kier alpha value is -1.93. The fourth-order valence-corrected chi connectivity index (χ4v) is 4.67. The smallest absolute Gasteiger partial charge is 0.240 e.